The molecule has 7 nitrogen and oxygen atoms in total. The lowest BCUT2D eigenvalue weighted by atomic mass is 9.99. The number of nitrogens with zero attached hydrogens (tertiary/aromatic N) is 1. The molecule has 2 aromatic heterocycles. The summed E-state index contributed by atoms with van der Waals surface area (Å²) < 4.78 is 0. The summed E-state index contributed by atoms with van der Waals surface area (Å²) in [6.45, 7) is 7.90. The maximum atomic E-state index is 12.8. The molecule has 0 saturated heterocycles. The van der Waals surface area contributed by atoms with E-state index in [4.69, 9.17) is 5.73 Å². The van der Waals surface area contributed by atoms with Gasteiger partial charge in [-0.2, -0.15) is 5.10 Å². The Labute approximate surface area is 180 Å². The third kappa shape index (κ3) is 4.61. The minimum atomic E-state index is -0.194. The summed E-state index contributed by atoms with van der Waals surface area (Å²) in [6, 6.07) is 15.6. The molecule has 2 aromatic carbocycles. The van der Waals surface area contributed by atoms with E-state index in [0.29, 0.717) is 17.4 Å². The average molecular weight is 415 g/mol. The number of nitrogens with one attached hydrogen (secondary N) is 4. The van der Waals surface area contributed by atoms with Crippen LogP contribution in [-0.4, -0.2) is 21.6 Å². The van der Waals surface area contributed by atoms with E-state index in [-0.39, 0.29) is 5.91 Å². The molecule has 0 aliphatic carbocycles. The van der Waals surface area contributed by atoms with E-state index >= 15 is 0 Å². The number of hydrogen-bond acceptors (Lipinski definition) is 4. The van der Waals surface area contributed by atoms with Crippen molar-refractivity contribution in [2.75, 3.05) is 5.32 Å². The summed E-state index contributed by atoms with van der Waals surface area (Å²) in [5.41, 5.74) is 13.3. The number of nitrogens with two attached hydrogens (primary N) is 1. The number of amides is 1. The van der Waals surface area contributed by atoms with Gasteiger partial charge in [0.25, 0.3) is 5.91 Å². The molecular weight excluding hydrogens is 388 g/mol. The highest BCUT2D eigenvalue weighted by Crippen LogP contribution is 2.22. The lowest BCUT2D eigenvalue weighted by molar-refractivity contribution is 0.102. The Bertz CT molecular complexity index is 1290. The molecule has 0 unspecified atom stereocenters. The first-order valence-electron chi connectivity index (χ1n) is 10.2. The van der Waals surface area contributed by atoms with Crippen LogP contribution in [0.15, 0.2) is 72.2 Å². The van der Waals surface area contributed by atoms with E-state index in [2.05, 4.69) is 46.2 Å². The zero-order valence-corrected chi connectivity index (χ0v) is 17.6. The Morgan fingerprint density at radius 3 is 2.71 bits per heavy atom. The molecule has 6 N–H and O–H groups in total. The van der Waals surface area contributed by atoms with Crippen molar-refractivity contribution in [3.63, 3.8) is 0 Å². The largest absolute Gasteiger partial charge is 0.385 e. The van der Waals surface area contributed by atoms with Crippen LogP contribution in [0.4, 0.5) is 5.69 Å². The van der Waals surface area contributed by atoms with Crippen molar-refractivity contribution >= 4 is 39.1 Å². The minimum Gasteiger partial charge on any atom is -0.385 e. The maximum Gasteiger partial charge on any atom is 0.272 e. The molecule has 0 spiro atoms. The fourth-order valence-corrected chi connectivity index (χ4v) is 3.51. The van der Waals surface area contributed by atoms with Gasteiger partial charge in [-0.25, -0.2) is 0 Å². The maximum absolute atomic E-state index is 12.8. The minimum absolute atomic E-state index is 0.194. The van der Waals surface area contributed by atoms with Gasteiger partial charge in [0.1, 0.15) is 11.5 Å². The summed E-state index contributed by atoms with van der Waals surface area (Å²) in [5.74, 6) is 0.521. The summed E-state index contributed by atoms with van der Waals surface area (Å²) in [6.07, 6.45) is 2.66. The third-order valence-corrected chi connectivity index (χ3v) is 4.95. The Balaban J connectivity index is 1.59. The van der Waals surface area contributed by atoms with Crippen LogP contribution in [0.1, 0.15) is 36.3 Å². The van der Waals surface area contributed by atoms with Gasteiger partial charge in [-0.3, -0.25) is 10.2 Å². The second-order valence-electron chi connectivity index (χ2n) is 8.01. The van der Waals surface area contributed by atoms with Crippen LogP contribution in [0, 0.1) is 5.92 Å². The molecule has 31 heavy (non-hydrogen) atoms. The molecule has 0 saturated carbocycles. The average Bonchev–Trinajstić information content (AvgIpc) is 3.36. The summed E-state index contributed by atoms with van der Waals surface area (Å²) in [5, 5.41) is 9.39. The molecule has 0 aliphatic rings. The monoisotopic (exact) mass is 414 g/mol. The number of carbonyl (C=O) groups is 1. The highest BCUT2D eigenvalue weighted by Gasteiger charge is 2.13. The van der Waals surface area contributed by atoms with Crippen molar-refractivity contribution in [3.05, 3.63) is 78.4 Å². The fraction of sp³-hybridized carbons (Fsp3) is 0.167. The van der Waals surface area contributed by atoms with Gasteiger partial charge >= 0.3 is 0 Å². The number of hydrazone groups is 1. The van der Waals surface area contributed by atoms with Crippen molar-refractivity contribution in [2.45, 2.75) is 20.3 Å². The molecule has 4 rings (SSSR count). The van der Waals surface area contributed by atoms with Gasteiger partial charge in [-0.15, -0.1) is 0 Å². The van der Waals surface area contributed by atoms with E-state index < -0.39 is 0 Å². The molecule has 158 valence electrons. The number of aromatic nitrogens is 2. The highest BCUT2D eigenvalue weighted by atomic mass is 16.1. The smallest absolute Gasteiger partial charge is 0.272 e. The quantitative estimate of drug-likeness (QED) is 0.224. The Morgan fingerprint density at radius 2 is 1.94 bits per heavy atom. The molecule has 0 bridgehead atoms. The molecule has 0 fully saturated rings. The SMILES string of the molecule is C=C(N)NN=C(CC(C)C)c1ccc2[nH]c(C(=O)Nc3ccc4cc[nH]c4c3)cc2c1. The van der Waals surface area contributed by atoms with Crippen molar-refractivity contribution < 1.29 is 4.79 Å². The standard InChI is InChI=1S/C24H26N6O/c1-14(2)10-22(30-29-15(3)25)17-5-7-20-18(11-17)12-23(28-20)24(31)27-19-6-4-16-8-9-26-21(16)13-19/h4-9,11-14,26,28-29H,3,10,25H2,1-2H3,(H,27,31). The van der Waals surface area contributed by atoms with Crippen LogP contribution >= 0.6 is 0 Å². The molecular formula is C24H26N6O. The summed E-state index contributed by atoms with van der Waals surface area (Å²) in [7, 11) is 0. The highest BCUT2D eigenvalue weighted by molar-refractivity contribution is 6.08. The lowest BCUT2D eigenvalue weighted by Gasteiger charge is -2.10. The van der Waals surface area contributed by atoms with E-state index in [0.717, 1.165) is 45.2 Å². The van der Waals surface area contributed by atoms with Crippen molar-refractivity contribution in [3.8, 4) is 0 Å². The van der Waals surface area contributed by atoms with Crippen molar-refractivity contribution in [2.24, 2.45) is 16.8 Å². The first kappa shape index (κ1) is 20.3. The zero-order valence-electron chi connectivity index (χ0n) is 17.6. The predicted octanol–water partition coefficient (Wildman–Crippen LogP) is 4.67. The second kappa shape index (κ2) is 8.39. The number of fused-ring (bicyclic) bond motifs is 2. The number of aromatic amines is 2. The summed E-state index contributed by atoms with van der Waals surface area (Å²) >= 11 is 0. The normalized spacial score (nSPS) is 11.9. The topological polar surface area (TPSA) is 111 Å². The van der Waals surface area contributed by atoms with Gasteiger partial charge in [0.05, 0.1) is 5.71 Å². The van der Waals surface area contributed by atoms with Crippen LogP contribution in [-0.2, 0) is 0 Å². The Morgan fingerprint density at radius 1 is 1.10 bits per heavy atom. The number of hydrogen-bond donors (Lipinski definition) is 5. The molecule has 7 heteroatoms. The predicted molar refractivity (Wildman–Crippen MR) is 127 cm³/mol. The number of benzene rings is 2. The molecule has 0 radical (unpaired) electrons. The number of rotatable bonds is 7. The van der Waals surface area contributed by atoms with E-state index in [1.54, 1.807) is 0 Å². The van der Waals surface area contributed by atoms with Gasteiger partial charge in [-0.1, -0.05) is 32.6 Å². The zero-order chi connectivity index (χ0) is 22.0. The van der Waals surface area contributed by atoms with Gasteiger partial charge in [0, 0.05) is 28.3 Å². The van der Waals surface area contributed by atoms with Crippen LogP contribution in [0.25, 0.3) is 21.8 Å². The molecule has 4 aromatic rings. The van der Waals surface area contributed by atoms with Crippen LogP contribution in [0.3, 0.4) is 0 Å². The van der Waals surface area contributed by atoms with Crippen molar-refractivity contribution in [1.82, 2.24) is 15.4 Å². The second-order valence-corrected chi connectivity index (χ2v) is 8.01. The fourth-order valence-electron chi connectivity index (χ4n) is 3.51. The van der Waals surface area contributed by atoms with Crippen LogP contribution < -0.4 is 16.5 Å². The van der Waals surface area contributed by atoms with Gasteiger partial charge in [-0.05, 0) is 59.7 Å². The molecule has 1 amide bonds. The number of H-pyrrole nitrogens is 2. The van der Waals surface area contributed by atoms with Gasteiger partial charge in [0.2, 0.25) is 0 Å². The first-order chi connectivity index (χ1) is 14.9. The Kier molecular flexibility index (Phi) is 5.49. The van der Waals surface area contributed by atoms with E-state index in [9.17, 15) is 4.79 Å². The molecule has 2 heterocycles. The van der Waals surface area contributed by atoms with Crippen LogP contribution in [0.5, 0.6) is 0 Å². The Hall–Kier alpha value is -4.00. The lowest BCUT2D eigenvalue weighted by Crippen LogP contribution is -2.17. The molecule has 0 atom stereocenters. The molecule has 0 aliphatic heterocycles. The third-order valence-electron chi connectivity index (χ3n) is 4.95. The van der Waals surface area contributed by atoms with Crippen molar-refractivity contribution in [1.29, 1.82) is 0 Å². The first-order valence-corrected chi connectivity index (χ1v) is 10.2. The van der Waals surface area contributed by atoms with Gasteiger partial charge in [0.15, 0.2) is 0 Å². The summed E-state index contributed by atoms with van der Waals surface area (Å²) in [4.78, 5) is 19.1. The van der Waals surface area contributed by atoms with Gasteiger partial charge < -0.3 is 21.0 Å². The number of carbonyl (C=O) groups excluding carboxylic acids is 1. The van der Waals surface area contributed by atoms with E-state index in [1.165, 1.54) is 0 Å². The van der Waals surface area contributed by atoms with E-state index in [1.807, 2.05) is 54.7 Å². The number of anilines is 1. The van der Waals surface area contributed by atoms with Crippen LogP contribution in [0.2, 0.25) is 0 Å².